The van der Waals surface area contributed by atoms with Gasteiger partial charge in [-0.3, -0.25) is 14.9 Å². The van der Waals surface area contributed by atoms with Gasteiger partial charge in [-0.25, -0.2) is 0 Å². The van der Waals surface area contributed by atoms with Crippen molar-refractivity contribution in [2.24, 2.45) is 5.92 Å². The maximum Gasteiger partial charge on any atom is 0.416 e. The van der Waals surface area contributed by atoms with E-state index in [1.807, 2.05) is 24.3 Å². The molecule has 0 bridgehead atoms. The number of benzene rings is 2. The summed E-state index contributed by atoms with van der Waals surface area (Å²) in [6.07, 6.45) is -3.87. The molecular formula is C20H20F3N3O4. The molecule has 1 heterocycles. The van der Waals surface area contributed by atoms with Crippen molar-refractivity contribution in [2.45, 2.75) is 19.0 Å². The Bertz CT molecular complexity index is 934. The van der Waals surface area contributed by atoms with Gasteiger partial charge < -0.3 is 15.4 Å². The van der Waals surface area contributed by atoms with E-state index >= 15 is 0 Å². The molecule has 1 atom stereocenters. The number of anilines is 1. The summed E-state index contributed by atoms with van der Waals surface area (Å²) >= 11 is 0. The van der Waals surface area contributed by atoms with Gasteiger partial charge in [0, 0.05) is 31.5 Å². The Kier molecular flexibility index (Phi) is 6.43. The molecular weight excluding hydrogens is 403 g/mol. The van der Waals surface area contributed by atoms with Gasteiger partial charge in [-0.05, 0) is 30.2 Å². The number of carbonyl (C=O) groups is 1. The second-order valence-corrected chi connectivity index (χ2v) is 6.96. The van der Waals surface area contributed by atoms with Crippen LogP contribution in [0.25, 0.3) is 0 Å². The fourth-order valence-corrected chi connectivity index (χ4v) is 3.19. The third-order valence-corrected chi connectivity index (χ3v) is 4.73. The Morgan fingerprint density at radius 2 is 2.00 bits per heavy atom. The monoisotopic (exact) mass is 423 g/mol. The molecule has 10 heteroatoms. The summed E-state index contributed by atoms with van der Waals surface area (Å²) < 4.78 is 43.9. The number of nitrogens with zero attached hydrogens (tertiary/aromatic N) is 1. The van der Waals surface area contributed by atoms with Gasteiger partial charge in [0.2, 0.25) is 5.91 Å². The van der Waals surface area contributed by atoms with Crippen molar-refractivity contribution in [1.29, 1.82) is 0 Å². The summed E-state index contributed by atoms with van der Waals surface area (Å²) in [6.45, 7) is 0.961. The minimum Gasteiger partial charge on any atom is -0.493 e. The number of alkyl halides is 3. The Morgan fingerprint density at radius 3 is 2.73 bits per heavy atom. The van der Waals surface area contributed by atoms with Crippen LogP contribution in [0, 0.1) is 16.0 Å². The van der Waals surface area contributed by atoms with Gasteiger partial charge in [-0.2, -0.15) is 13.2 Å². The second-order valence-electron chi connectivity index (χ2n) is 6.96. The lowest BCUT2D eigenvalue weighted by molar-refractivity contribution is -0.384. The van der Waals surface area contributed by atoms with Gasteiger partial charge in [0.15, 0.2) is 0 Å². The first-order valence-electron chi connectivity index (χ1n) is 9.31. The van der Waals surface area contributed by atoms with Crippen LogP contribution >= 0.6 is 0 Å². The summed E-state index contributed by atoms with van der Waals surface area (Å²) in [5.41, 5.74) is -0.783. The molecule has 0 fully saturated rings. The summed E-state index contributed by atoms with van der Waals surface area (Å²) in [7, 11) is 0. The molecule has 1 unspecified atom stereocenters. The first-order valence-corrected chi connectivity index (χ1v) is 9.31. The number of halogens is 3. The van der Waals surface area contributed by atoms with Crippen molar-refractivity contribution in [2.75, 3.05) is 25.0 Å². The Labute approximate surface area is 170 Å². The van der Waals surface area contributed by atoms with Crippen LogP contribution in [0.5, 0.6) is 5.75 Å². The van der Waals surface area contributed by atoms with Crippen molar-refractivity contribution in [3.05, 3.63) is 63.7 Å². The molecule has 1 aliphatic rings. The third-order valence-electron chi connectivity index (χ3n) is 4.73. The van der Waals surface area contributed by atoms with Crippen LogP contribution in [0.15, 0.2) is 42.5 Å². The predicted octanol–water partition coefficient (Wildman–Crippen LogP) is 3.78. The molecule has 30 heavy (non-hydrogen) atoms. The summed E-state index contributed by atoms with van der Waals surface area (Å²) in [5, 5.41) is 16.5. The number of nitro groups is 1. The Morgan fingerprint density at radius 1 is 1.23 bits per heavy atom. The van der Waals surface area contributed by atoms with Crippen LogP contribution in [-0.4, -0.2) is 30.5 Å². The van der Waals surface area contributed by atoms with Gasteiger partial charge >= 0.3 is 6.18 Å². The van der Waals surface area contributed by atoms with E-state index < -0.39 is 22.4 Å². The topological polar surface area (TPSA) is 93.5 Å². The lowest BCUT2D eigenvalue weighted by atomic mass is 9.97. The van der Waals surface area contributed by atoms with Crippen LogP contribution in [0.4, 0.5) is 24.5 Å². The molecule has 160 valence electrons. The van der Waals surface area contributed by atoms with E-state index in [0.29, 0.717) is 19.2 Å². The first-order chi connectivity index (χ1) is 14.2. The number of para-hydroxylation sites is 1. The maximum atomic E-state index is 12.7. The van der Waals surface area contributed by atoms with E-state index in [9.17, 15) is 28.1 Å². The predicted molar refractivity (Wildman–Crippen MR) is 103 cm³/mol. The molecule has 1 amide bonds. The van der Waals surface area contributed by atoms with Crippen LogP contribution in [0.2, 0.25) is 0 Å². The Hall–Kier alpha value is -3.30. The molecule has 7 nitrogen and oxygen atoms in total. The van der Waals surface area contributed by atoms with E-state index in [2.05, 4.69) is 10.6 Å². The fraction of sp³-hybridized carbons (Fsp3) is 0.350. The molecule has 1 aliphatic heterocycles. The zero-order chi connectivity index (χ0) is 21.7. The van der Waals surface area contributed by atoms with Gasteiger partial charge in [0.1, 0.15) is 11.4 Å². The number of carbonyl (C=O) groups excluding carboxylic acids is 1. The Balaban J connectivity index is 1.47. The maximum absolute atomic E-state index is 12.7. The third kappa shape index (κ3) is 5.40. The van der Waals surface area contributed by atoms with Gasteiger partial charge in [0.25, 0.3) is 5.69 Å². The molecule has 0 saturated carbocycles. The molecule has 3 rings (SSSR count). The minimum atomic E-state index is -4.67. The minimum absolute atomic E-state index is 0.0162. The normalized spacial score (nSPS) is 15.6. The van der Waals surface area contributed by atoms with Gasteiger partial charge in [-0.1, -0.05) is 18.2 Å². The number of nitro benzene ring substituents is 1. The van der Waals surface area contributed by atoms with E-state index in [4.69, 9.17) is 4.74 Å². The molecule has 2 aromatic carbocycles. The SMILES string of the molecule is O=C(CCNc1ccc(C(F)(F)F)cc1[N+](=O)[O-])NCC1COc2ccccc2C1. The van der Waals surface area contributed by atoms with E-state index in [0.717, 1.165) is 29.9 Å². The lowest BCUT2D eigenvalue weighted by Gasteiger charge is -2.25. The largest absolute Gasteiger partial charge is 0.493 e. The van der Waals surface area contributed by atoms with Crippen molar-refractivity contribution in [1.82, 2.24) is 5.32 Å². The van der Waals surface area contributed by atoms with E-state index in [1.54, 1.807) is 0 Å². The first kappa shape index (κ1) is 21.4. The highest BCUT2D eigenvalue weighted by Gasteiger charge is 2.33. The molecule has 0 spiro atoms. The number of rotatable bonds is 7. The quantitative estimate of drug-likeness (QED) is 0.522. The molecule has 2 aromatic rings. The smallest absolute Gasteiger partial charge is 0.416 e. The molecule has 0 radical (unpaired) electrons. The highest BCUT2D eigenvalue weighted by atomic mass is 19.4. The standard InChI is InChI=1S/C20H20F3N3O4/c21-20(22,23)15-5-6-16(17(10-15)26(28)29)24-8-7-19(27)25-11-13-9-14-3-1-2-4-18(14)30-12-13/h1-6,10,13,24H,7-9,11-12H2,(H,25,27). The zero-order valence-electron chi connectivity index (χ0n) is 15.9. The number of nitrogens with one attached hydrogen (secondary N) is 2. The van der Waals surface area contributed by atoms with Crippen molar-refractivity contribution in [3.63, 3.8) is 0 Å². The molecule has 0 aromatic heterocycles. The average Bonchev–Trinajstić information content (AvgIpc) is 2.71. The number of hydrogen-bond donors (Lipinski definition) is 2. The van der Waals surface area contributed by atoms with Gasteiger partial charge in [0.05, 0.1) is 17.1 Å². The average molecular weight is 423 g/mol. The fourth-order valence-electron chi connectivity index (χ4n) is 3.19. The molecule has 0 saturated heterocycles. The van der Waals surface area contributed by atoms with Crippen LogP contribution < -0.4 is 15.4 Å². The number of fused-ring (bicyclic) bond motifs is 1. The summed E-state index contributed by atoms with van der Waals surface area (Å²) in [6, 6.07) is 9.93. The van der Waals surface area contributed by atoms with Gasteiger partial charge in [-0.15, -0.1) is 0 Å². The second kappa shape index (κ2) is 9.02. The highest BCUT2D eigenvalue weighted by molar-refractivity contribution is 5.76. The van der Waals surface area contributed by atoms with E-state index in [-0.39, 0.29) is 30.5 Å². The van der Waals surface area contributed by atoms with Crippen LogP contribution in [-0.2, 0) is 17.4 Å². The van der Waals surface area contributed by atoms with Crippen molar-refractivity contribution >= 4 is 17.3 Å². The summed E-state index contributed by atoms with van der Waals surface area (Å²) in [4.78, 5) is 22.2. The number of ether oxygens (including phenoxy) is 1. The van der Waals surface area contributed by atoms with Crippen LogP contribution in [0.1, 0.15) is 17.5 Å². The van der Waals surface area contributed by atoms with Crippen molar-refractivity contribution in [3.8, 4) is 5.75 Å². The zero-order valence-corrected chi connectivity index (χ0v) is 15.9. The summed E-state index contributed by atoms with van der Waals surface area (Å²) in [5.74, 6) is 0.714. The lowest BCUT2D eigenvalue weighted by Crippen LogP contribution is -2.35. The van der Waals surface area contributed by atoms with Crippen LogP contribution in [0.3, 0.4) is 0 Å². The molecule has 0 aliphatic carbocycles. The van der Waals surface area contributed by atoms with Crippen molar-refractivity contribution < 1.29 is 27.6 Å². The molecule has 2 N–H and O–H groups in total. The number of hydrogen-bond acceptors (Lipinski definition) is 5. The number of amides is 1. The highest BCUT2D eigenvalue weighted by Crippen LogP contribution is 2.35. The van der Waals surface area contributed by atoms with E-state index in [1.165, 1.54) is 0 Å².